The maximum absolute atomic E-state index is 5.42. The van der Waals surface area contributed by atoms with Crippen LogP contribution in [-0.2, 0) is 13.0 Å². The molecular formula is C16H18N2O3. The van der Waals surface area contributed by atoms with Crippen molar-refractivity contribution in [1.82, 2.24) is 10.3 Å². The van der Waals surface area contributed by atoms with Gasteiger partial charge in [-0.3, -0.25) is 4.98 Å². The van der Waals surface area contributed by atoms with Crippen molar-refractivity contribution in [2.24, 2.45) is 0 Å². The summed E-state index contributed by atoms with van der Waals surface area (Å²) in [6.07, 6.45) is 4.61. The average molecular weight is 286 g/mol. The number of rotatable bonds is 6. The van der Waals surface area contributed by atoms with Gasteiger partial charge in [0.2, 0.25) is 12.5 Å². The second-order valence-corrected chi connectivity index (χ2v) is 4.81. The van der Waals surface area contributed by atoms with Gasteiger partial charge in [-0.1, -0.05) is 0 Å². The van der Waals surface area contributed by atoms with Crippen LogP contribution in [-0.4, -0.2) is 25.4 Å². The Hall–Kier alpha value is -2.27. The Morgan fingerprint density at radius 2 is 2.05 bits per heavy atom. The lowest BCUT2D eigenvalue weighted by Gasteiger charge is -2.09. The molecule has 3 rings (SSSR count). The molecule has 0 amide bonds. The molecule has 1 aliphatic rings. The Morgan fingerprint density at radius 3 is 2.86 bits per heavy atom. The van der Waals surface area contributed by atoms with Gasteiger partial charge >= 0.3 is 0 Å². The van der Waals surface area contributed by atoms with Gasteiger partial charge in [-0.2, -0.15) is 0 Å². The lowest BCUT2D eigenvalue weighted by Crippen LogP contribution is -2.16. The minimum Gasteiger partial charge on any atom is -0.493 e. The molecule has 0 radical (unpaired) electrons. The molecular weight excluding hydrogens is 268 g/mol. The van der Waals surface area contributed by atoms with Crippen molar-refractivity contribution < 1.29 is 14.2 Å². The summed E-state index contributed by atoms with van der Waals surface area (Å²) in [6.45, 7) is 1.92. The third kappa shape index (κ3) is 3.25. The largest absolute Gasteiger partial charge is 0.493 e. The molecule has 0 atom stereocenters. The van der Waals surface area contributed by atoms with Gasteiger partial charge < -0.3 is 19.5 Å². The highest BCUT2D eigenvalue weighted by atomic mass is 16.7. The van der Waals surface area contributed by atoms with Crippen molar-refractivity contribution >= 4 is 0 Å². The van der Waals surface area contributed by atoms with Crippen molar-refractivity contribution in [3.8, 4) is 17.2 Å². The Bertz CT molecular complexity index is 602. The molecule has 21 heavy (non-hydrogen) atoms. The SMILES string of the molecule is COc1cc(CNCCc2ccncc2)cc2c1OCO2. The molecule has 0 aliphatic carbocycles. The number of pyridine rings is 1. The third-order valence-corrected chi connectivity index (χ3v) is 3.39. The molecule has 0 spiro atoms. The van der Waals surface area contributed by atoms with Gasteiger partial charge in [-0.15, -0.1) is 0 Å². The normalized spacial score (nSPS) is 12.4. The summed E-state index contributed by atoms with van der Waals surface area (Å²) in [5.74, 6) is 2.16. The van der Waals surface area contributed by atoms with Gasteiger partial charge in [0, 0.05) is 18.9 Å². The molecule has 110 valence electrons. The van der Waals surface area contributed by atoms with E-state index in [9.17, 15) is 0 Å². The fourth-order valence-corrected chi connectivity index (χ4v) is 2.30. The summed E-state index contributed by atoms with van der Waals surface area (Å²) in [5, 5.41) is 3.42. The number of methoxy groups -OCH3 is 1. The first-order valence-electron chi connectivity index (χ1n) is 6.93. The minimum atomic E-state index is 0.255. The molecule has 0 unspecified atom stereocenters. The number of hydrogen-bond acceptors (Lipinski definition) is 5. The smallest absolute Gasteiger partial charge is 0.231 e. The summed E-state index contributed by atoms with van der Waals surface area (Å²) >= 11 is 0. The molecule has 2 heterocycles. The summed E-state index contributed by atoms with van der Waals surface area (Å²) < 4.78 is 16.1. The number of benzene rings is 1. The molecule has 0 fully saturated rings. The van der Waals surface area contributed by atoms with Gasteiger partial charge in [0.05, 0.1) is 7.11 Å². The van der Waals surface area contributed by atoms with Crippen LogP contribution in [0, 0.1) is 0 Å². The first kappa shape index (κ1) is 13.7. The van der Waals surface area contributed by atoms with E-state index in [0.717, 1.165) is 36.6 Å². The number of ether oxygens (including phenoxy) is 3. The molecule has 5 nitrogen and oxygen atoms in total. The zero-order valence-corrected chi connectivity index (χ0v) is 12.0. The number of nitrogens with zero attached hydrogens (tertiary/aromatic N) is 1. The molecule has 0 saturated heterocycles. The quantitative estimate of drug-likeness (QED) is 0.825. The number of nitrogens with one attached hydrogen (secondary N) is 1. The molecule has 1 N–H and O–H groups in total. The predicted molar refractivity (Wildman–Crippen MR) is 78.8 cm³/mol. The number of fused-ring (bicyclic) bond motifs is 1. The number of aromatic nitrogens is 1. The Morgan fingerprint density at radius 1 is 1.19 bits per heavy atom. The first-order valence-corrected chi connectivity index (χ1v) is 6.93. The summed E-state index contributed by atoms with van der Waals surface area (Å²) in [6, 6.07) is 8.04. The van der Waals surface area contributed by atoms with E-state index >= 15 is 0 Å². The lowest BCUT2D eigenvalue weighted by atomic mass is 10.1. The van der Waals surface area contributed by atoms with Crippen LogP contribution in [0.15, 0.2) is 36.7 Å². The monoisotopic (exact) mass is 286 g/mol. The molecule has 1 aromatic heterocycles. The van der Waals surface area contributed by atoms with Gasteiger partial charge in [0.1, 0.15) is 0 Å². The molecule has 0 saturated carbocycles. The second-order valence-electron chi connectivity index (χ2n) is 4.81. The van der Waals surface area contributed by atoms with Crippen LogP contribution in [0.5, 0.6) is 17.2 Å². The van der Waals surface area contributed by atoms with Crippen molar-refractivity contribution in [2.45, 2.75) is 13.0 Å². The lowest BCUT2D eigenvalue weighted by molar-refractivity contribution is 0.171. The van der Waals surface area contributed by atoms with E-state index < -0.39 is 0 Å². The highest BCUT2D eigenvalue weighted by Gasteiger charge is 2.19. The highest BCUT2D eigenvalue weighted by Crippen LogP contribution is 2.41. The van der Waals surface area contributed by atoms with Gasteiger partial charge in [0.25, 0.3) is 0 Å². The minimum absolute atomic E-state index is 0.255. The van der Waals surface area contributed by atoms with Crippen LogP contribution in [0.2, 0.25) is 0 Å². The van der Waals surface area contributed by atoms with E-state index in [1.807, 2.05) is 36.7 Å². The molecule has 0 bridgehead atoms. The summed E-state index contributed by atoms with van der Waals surface area (Å²) in [5.41, 5.74) is 2.39. The van der Waals surface area contributed by atoms with Gasteiger partial charge in [-0.25, -0.2) is 0 Å². The average Bonchev–Trinajstić information content (AvgIpc) is 3.00. The van der Waals surface area contributed by atoms with Crippen LogP contribution in [0.3, 0.4) is 0 Å². The van der Waals surface area contributed by atoms with E-state index in [4.69, 9.17) is 14.2 Å². The summed E-state index contributed by atoms with van der Waals surface area (Å²) in [7, 11) is 1.64. The van der Waals surface area contributed by atoms with E-state index in [2.05, 4.69) is 10.3 Å². The Balaban J connectivity index is 1.56. The third-order valence-electron chi connectivity index (χ3n) is 3.39. The standard InChI is InChI=1S/C16H18N2O3/c1-19-14-8-13(9-15-16(14)21-11-20-15)10-18-7-4-12-2-5-17-6-3-12/h2-3,5-6,8-9,18H,4,7,10-11H2,1H3. The molecule has 1 aromatic carbocycles. The fourth-order valence-electron chi connectivity index (χ4n) is 2.30. The Kier molecular flexibility index (Phi) is 4.21. The van der Waals surface area contributed by atoms with Crippen molar-refractivity contribution in [3.63, 3.8) is 0 Å². The van der Waals surface area contributed by atoms with E-state index in [0.29, 0.717) is 5.75 Å². The van der Waals surface area contributed by atoms with E-state index in [1.165, 1.54) is 5.56 Å². The number of hydrogen-bond donors (Lipinski definition) is 1. The van der Waals surface area contributed by atoms with Crippen LogP contribution in [0.25, 0.3) is 0 Å². The van der Waals surface area contributed by atoms with Gasteiger partial charge in [-0.05, 0) is 48.4 Å². The van der Waals surface area contributed by atoms with Crippen molar-refractivity contribution in [1.29, 1.82) is 0 Å². The fraction of sp³-hybridized carbons (Fsp3) is 0.312. The van der Waals surface area contributed by atoms with E-state index in [1.54, 1.807) is 7.11 Å². The first-order chi connectivity index (χ1) is 10.4. The van der Waals surface area contributed by atoms with Crippen molar-refractivity contribution in [2.75, 3.05) is 20.4 Å². The maximum Gasteiger partial charge on any atom is 0.231 e. The molecule has 5 heteroatoms. The van der Waals surface area contributed by atoms with Crippen LogP contribution in [0.1, 0.15) is 11.1 Å². The van der Waals surface area contributed by atoms with Crippen molar-refractivity contribution in [3.05, 3.63) is 47.8 Å². The van der Waals surface area contributed by atoms with Crippen LogP contribution in [0.4, 0.5) is 0 Å². The molecule has 2 aromatic rings. The second kappa shape index (κ2) is 6.45. The zero-order valence-electron chi connectivity index (χ0n) is 12.0. The Labute approximate surface area is 123 Å². The summed E-state index contributed by atoms with van der Waals surface area (Å²) in [4.78, 5) is 4.01. The maximum atomic E-state index is 5.42. The highest BCUT2D eigenvalue weighted by molar-refractivity contribution is 5.55. The van der Waals surface area contributed by atoms with Crippen LogP contribution < -0.4 is 19.5 Å². The molecule has 1 aliphatic heterocycles. The van der Waals surface area contributed by atoms with Crippen LogP contribution >= 0.6 is 0 Å². The van der Waals surface area contributed by atoms with E-state index in [-0.39, 0.29) is 6.79 Å². The zero-order chi connectivity index (χ0) is 14.5. The predicted octanol–water partition coefficient (Wildman–Crippen LogP) is 2.15. The topological polar surface area (TPSA) is 52.6 Å². The van der Waals surface area contributed by atoms with Gasteiger partial charge in [0.15, 0.2) is 11.5 Å².